The number of rotatable bonds is 6. The van der Waals surface area contributed by atoms with Gasteiger partial charge in [0.1, 0.15) is 17.9 Å². The SMILES string of the molecule is CCOc1ncccc1C(=O)OCc1cc(-c2ccc(C)cc2)on1. The Kier molecular flexibility index (Phi) is 5.09. The number of aryl methyl sites for hydroxylation is 1. The summed E-state index contributed by atoms with van der Waals surface area (Å²) >= 11 is 0. The molecule has 6 nitrogen and oxygen atoms in total. The van der Waals surface area contributed by atoms with E-state index < -0.39 is 5.97 Å². The van der Waals surface area contributed by atoms with Gasteiger partial charge in [0.05, 0.1) is 6.61 Å². The van der Waals surface area contributed by atoms with E-state index in [1.807, 2.05) is 38.1 Å². The zero-order valence-corrected chi connectivity index (χ0v) is 14.1. The number of carbonyl (C=O) groups is 1. The molecular weight excluding hydrogens is 320 g/mol. The second-order valence-electron chi connectivity index (χ2n) is 5.41. The molecule has 0 aliphatic rings. The van der Waals surface area contributed by atoms with Crippen molar-refractivity contribution in [2.45, 2.75) is 20.5 Å². The van der Waals surface area contributed by atoms with Crippen molar-refractivity contribution in [1.82, 2.24) is 10.1 Å². The fraction of sp³-hybridized carbons (Fsp3) is 0.211. The van der Waals surface area contributed by atoms with Gasteiger partial charge in [0.2, 0.25) is 5.88 Å². The summed E-state index contributed by atoms with van der Waals surface area (Å²) in [4.78, 5) is 16.3. The highest BCUT2D eigenvalue weighted by Gasteiger charge is 2.16. The molecule has 3 rings (SSSR count). The maximum atomic E-state index is 12.2. The highest BCUT2D eigenvalue weighted by molar-refractivity contribution is 5.91. The summed E-state index contributed by atoms with van der Waals surface area (Å²) in [6.07, 6.45) is 1.56. The number of esters is 1. The molecule has 2 heterocycles. The first kappa shape index (κ1) is 16.7. The molecule has 0 radical (unpaired) electrons. The van der Waals surface area contributed by atoms with Crippen LogP contribution in [0.1, 0.15) is 28.5 Å². The molecule has 25 heavy (non-hydrogen) atoms. The molecule has 1 aromatic carbocycles. The molecule has 0 atom stereocenters. The zero-order valence-electron chi connectivity index (χ0n) is 14.1. The van der Waals surface area contributed by atoms with Crippen LogP contribution in [-0.2, 0) is 11.3 Å². The molecule has 128 valence electrons. The lowest BCUT2D eigenvalue weighted by Crippen LogP contribution is -2.09. The van der Waals surface area contributed by atoms with Crippen molar-refractivity contribution in [1.29, 1.82) is 0 Å². The smallest absolute Gasteiger partial charge is 0.344 e. The molecular formula is C19H18N2O4. The van der Waals surface area contributed by atoms with Crippen LogP contribution >= 0.6 is 0 Å². The molecule has 0 unspecified atom stereocenters. The standard InChI is InChI=1S/C19H18N2O4/c1-3-23-18-16(5-4-10-20-18)19(22)24-12-15-11-17(25-21-15)14-8-6-13(2)7-9-14/h4-11H,3,12H2,1-2H3. The number of pyridine rings is 1. The van der Waals surface area contributed by atoms with E-state index in [-0.39, 0.29) is 18.1 Å². The number of aromatic nitrogens is 2. The molecule has 0 spiro atoms. The van der Waals surface area contributed by atoms with Gasteiger partial charge in [-0.25, -0.2) is 9.78 Å². The third-order valence-corrected chi connectivity index (χ3v) is 3.52. The summed E-state index contributed by atoms with van der Waals surface area (Å²) in [6.45, 7) is 4.27. The molecule has 0 saturated heterocycles. The van der Waals surface area contributed by atoms with Gasteiger partial charge in [-0.15, -0.1) is 0 Å². The van der Waals surface area contributed by atoms with Crippen molar-refractivity contribution in [3.63, 3.8) is 0 Å². The van der Waals surface area contributed by atoms with Crippen LogP contribution in [0.3, 0.4) is 0 Å². The van der Waals surface area contributed by atoms with Gasteiger partial charge in [0.25, 0.3) is 0 Å². The van der Waals surface area contributed by atoms with E-state index in [4.69, 9.17) is 14.0 Å². The number of nitrogens with zero attached hydrogens (tertiary/aromatic N) is 2. The molecule has 0 fully saturated rings. The van der Waals surface area contributed by atoms with Crippen LogP contribution in [-0.4, -0.2) is 22.7 Å². The first-order chi connectivity index (χ1) is 12.2. The lowest BCUT2D eigenvalue weighted by molar-refractivity contribution is 0.0459. The van der Waals surface area contributed by atoms with Gasteiger partial charge in [-0.05, 0) is 26.0 Å². The minimum absolute atomic E-state index is 0.00859. The van der Waals surface area contributed by atoms with Gasteiger partial charge in [-0.2, -0.15) is 0 Å². The van der Waals surface area contributed by atoms with Crippen LogP contribution in [0.4, 0.5) is 0 Å². The molecule has 0 N–H and O–H groups in total. The Morgan fingerprint density at radius 2 is 2.00 bits per heavy atom. The van der Waals surface area contributed by atoms with E-state index in [0.29, 0.717) is 18.1 Å². The Morgan fingerprint density at radius 1 is 1.20 bits per heavy atom. The predicted molar refractivity (Wildman–Crippen MR) is 91.2 cm³/mol. The normalized spacial score (nSPS) is 10.5. The third kappa shape index (κ3) is 4.03. The maximum absolute atomic E-state index is 12.2. The van der Waals surface area contributed by atoms with Crippen molar-refractivity contribution >= 4 is 5.97 Å². The molecule has 0 aliphatic carbocycles. The number of hydrogen-bond acceptors (Lipinski definition) is 6. The van der Waals surface area contributed by atoms with E-state index in [2.05, 4.69) is 10.1 Å². The molecule has 3 aromatic rings. The summed E-state index contributed by atoms with van der Waals surface area (Å²) in [5.41, 5.74) is 2.90. The average molecular weight is 338 g/mol. The number of hydrogen-bond donors (Lipinski definition) is 0. The molecule has 0 amide bonds. The van der Waals surface area contributed by atoms with Crippen molar-refractivity contribution in [2.75, 3.05) is 6.61 Å². The quantitative estimate of drug-likeness (QED) is 0.636. The number of carbonyl (C=O) groups excluding carboxylic acids is 1. The van der Waals surface area contributed by atoms with Crippen LogP contribution in [0.15, 0.2) is 53.2 Å². The molecule has 0 saturated carbocycles. The van der Waals surface area contributed by atoms with Crippen LogP contribution in [0.25, 0.3) is 11.3 Å². The van der Waals surface area contributed by atoms with Crippen LogP contribution < -0.4 is 4.74 Å². The van der Waals surface area contributed by atoms with Crippen LogP contribution in [0.2, 0.25) is 0 Å². The zero-order chi connectivity index (χ0) is 17.6. The van der Waals surface area contributed by atoms with Gasteiger partial charge in [-0.3, -0.25) is 0 Å². The van der Waals surface area contributed by atoms with Crippen molar-refractivity contribution in [3.8, 4) is 17.2 Å². The minimum atomic E-state index is -0.517. The second kappa shape index (κ2) is 7.61. The highest BCUT2D eigenvalue weighted by Crippen LogP contribution is 2.22. The molecule has 6 heteroatoms. The number of benzene rings is 1. The van der Waals surface area contributed by atoms with Crippen molar-refractivity contribution in [3.05, 3.63) is 65.5 Å². The molecule has 0 aliphatic heterocycles. The van der Waals surface area contributed by atoms with Gasteiger partial charge >= 0.3 is 5.97 Å². The lowest BCUT2D eigenvalue weighted by Gasteiger charge is -2.07. The second-order valence-corrected chi connectivity index (χ2v) is 5.41. The monoisotopic (exact) mass is 338 g/mol. The fourth-order valence-electron chi connectivity index (χ4n) is 2.25. The highest BCUT2D eigenvalue weighted by atomic mass is 16.5. The van der Waals surface area contributed by atoms with Crippen LogP contribution in [0.5, 0.6) is 5.88 Å². The van der Waals surface area contributed by atoms with Gasteiger partial charge in [0.15, 0.2) is 5.76 Å². The van der Waals surface area contributed by atoms with E-state index in [0.717, 1.165) is 5.56 Å². The average Bonchev–Trinajstić information content (AvgIpc) is 3.10. The van der Waals surface area contributed by atoms with E-state index in [1.54, 1.807) is 24.4 Å². The topological polar surface area (TPSA) is 74.5 Å². The first-order valence-corrected chi connectivity index (χ1v) is 7.95. The van der Waals surface area contributed by atoms with E-state index in [1.165, 1.54) is 5.56 Å². The fourth-order valence-corrected chi connectivity index (χ4v) is 2.25. The predicted octanol–water partition coefficient (Wildman–Crippen LogP) is 3.80. The van der Waals surface area contributed by atoms with E-state index >= 15 is 0 Å². The Hall–Kier alpha value is -3.15. The Morgan fingerprint density at radius 3 is 2.76 bits per heavy atom. The maximum Gasteiger partial charge on any atom is 0.344 e. The van der Waals surface area contributed by atoms with Gasteiger partial charge in [-0.1, -0.05) is 35.0 Å². The molecule has 2 aromatic heterocycles. The minimum Gasteiger partial charge on any atom is -0.477 e. The van der Waals surface area contributed by atoms with Crippen molar-refractivity contribution < 1.29 is 18.8 Å². The van der Waals surface area contributed by atoms with Gasteiger partial charge < -0.3 is 14.0 Å². The third-order valence-electron chi connectivity index (χ3n) is 3.52. The Labute approximate surface area is 145 Å². The van der Waals surface area contributed by atoms with E-state index in [9.17, 15) is 4.79 Å². The summed E-state index contributed by atoms with van der Waals surface area (Å²) in [5, 5.41) is 3.94. The summed E-state index contributed by atoms with van der Waals surface area (Å²) in [5.74, 6) is 0.370. The van der Waals surface area contributed by atoms with Gasteiger partial charge in [0, 0.05) is 17.8 Å². The largest absolute Gasteiger partial charge is 0.477 e. The lowest BCUT2D eigenvalue weighted by atomic mass is 10.1. The Bertz CT molecular complexity index is 856. The molecule has 0 bridgehead atoms. The summed E-state index contributed by atoms with van der Waals surface area (Å²) < 4.78 is 15.9. The number of ether oxygens (including phenoxy) is 2. The Balaban J connectivity index is 1.66. The van der Waals surface area contributed by atoms with Crippen molar-refractivity contribution in [2.24, 2.45) is 0 Å². The van der Waals surface area contributed by atoms with Crippen LogP contribution in [0, 0.1) is 6.92 Å². The summed E-state index contributed by atoms with van der Waals surface area (Å²) in [7, 11) is 0. The summed E-state index contributed by atoms with van der Waals surface area (Å²) in [6, 6.07) is 12.9. The first-order valence-electron chi connectivity index (χ1n) is 7.95.